The summed E-state index contributed by atoms with van der Waals surface area (Å²) in [6, 6.07) is 17.0. The molecule has 27 heavy (non-hydrogen) atoms. The van der Waals surface area contributed by atoms with E-state index in [1.807, 2.05) is 18.2 Å². The fourth-order valence-electron chi connectivity index (χ4n) is 3.45. The number of hydrogen-bond donors (Lipinski definition) is 0. The average molecular weight is 384 g/mol. The lowest BCUT2D eigenvalue weighted by molar-refractivity contribution is -0.203. The maximum Gasteiger partial charge on any atom is 0.101 e. The number of nitrogens with zero attached hydrogens (tertiary/aromatic N) is 3. The predicted molar refractivity (Wildman–Crippen MR) is 110 cm³/mol. The highest BCUT2D eigenvalue weighted by Crippen LogP contribution is 2.29. The highest BCUT2D eigenvalue weighted by atomic mass is 35.5. The van der Waals surface area contributed by atoms with Crippen LogP contribution in [0, 0.1) is 18.3 Å². The molecule has 1 fully saturated rings. The molecule has 0 radical (unpaired) electrons. The summed E-state index contributed by atoms with van der Waals surface area (Å²) in [5, 5.41) is 11.8. The Kier molecular flexibility index (Phi) is 6.38. The van der Waals surface area contributed by atoms with E-state index in [0.717, 1.165) is 25.2 Å². The van der Waals surface area contributed by atoms with E-state index in [2.05, 4.69) is 61.1 Å². The third-order valence-electron chi connectivity index (χ3n) is 5.12. The van der Waals surface area contributed by atoms with Crippen LogP contribution in [0.25, 0.3) is 0 Å². The number of halogens is 1. The van der Waals surface area contributed by atoms with E-state index in [1.165, 1.54) is 11.1 Å². The molecule has 0 N–H and O–H groups in total. The van der Waals surface area contributed by atoms with Crippen LogP contribution in [-0.2, 0) is 11.4 Å². The number of hydroxylamine groups is 2. The number of nitriles is 1. The summed E-state index contributed by atoms with van der Waals surface area (Å²) in [6.45, 7) is 8.77. The first-order valence-corrected chi connectivity index (χ1v) is 9.77. The first-order valence-electron chi connectivity index (χ1n) is 9.40. The van der Waals surface area contributed by atoms with Crippen molar-refractivity contribution in [2.45, 2.75) is 45.8 Å². The molecular formula is C22H26ClN3O. The number of rotatable bonds is 5. The van der Waals surface area contributed by atoms with E-state index in [-0.39, 0.29) is 0 Å². The Morgan fingerprint density at radius 1 is 1.30 bits per heavy atom. The molecule has 1 saturated heterocycles. The van der Waals surface area contributed by atoms with Crippen molar-refractivity contribution in [2.24, 2.45) is 0 Å². The van der Waals surface area contributed by atoms with E-state index in [1.54, 1.807) is 0 Å². The van der Waals surface area contributed by atoms with E-state index in [4.69, 9.17) is 16.4 Å². The summed E-state index contributed by atoms with van der Waals surface area (Å²) < 4.78 is 0. The van der Waals surface area contributed by atoms with E-state index >= 15 is 0 Å². The molecule has 0 aromatic heterocycles. The van der Waals surface area contributed by atoms with Crippen molar-refractivity contribution >= 4 is 17.3 Å². The van der Waals surface area contributed by atoms with Crippen LogP contribution in [0.1, 0.15) is 37.0 Å². The topological polar surface area (TPSA) is 39.5 Å². The van der Waals surface area contributed by atoms with Crippen LogP contribution < -0.4 is 4.90 Å². The number of benzene rings is 2. The molecular weight excluding hydrogens is 358 g/mol. The third kappa shape index (κ3) is 4.62. The molecule has 2 aromatic rings. The molecule has 142 valence electrons. The van der Waals surface area contributed by atoms with Gasteiger partial charge in [-0.15, -0.1) is 0 Å². The molecule has 2 aromatic carbocycles. The van der Waals surface area contributed by atoms with Gasteiger partial charge in [0.05, 0.1) is 17.2 Å². The van der Waals surface area contributed by atoms with Crippen molar-refractivity contribution in [3.8, 4) is 6.07 Å². The minimum absolute atomic E-state index is 0.310. The van der Waals surface area contributed by atoms with E-state index < -0.39 is 0 Å². The summed E-state index contributed by atoms with van der Waals surface area (Å²) in [5.41, 5.74) is 4.11. The molecule has 0 bridgehead atoms. The molecule has 1 aliphatic rings. The molecule has 0 saturated carbocycles. The minimum Gasteiger partial charge on any atom is -0.363 e. The Labute approximate surface area is 166 Å². The number of hydrogen-bond acceptors (Lipinski definition) is 4. The molecule has 1 heterocycles. The molecule has 3 rings (SSSR count). The quantitative estimate of drug-likeness (QED) is 0.733. The maximum absolute atomic E-state index is 9.19. The largest absolute Gasteiger partial charge is 0.363 e. The smallest absolute Gasteiger partial charge is 0.101 e. The summed E-state index contributed by atoms with van der Waals surface area (Å²) in [5.74, 6) is 0. The molecule has 0 unspecified atom stereocenters. The van der Waals surface area contributed by atoms with Gasteiger partial charge in [-0.2, -0.15) is 10.3 Å². The zero-order chi connectivity index (χ0) is 19.4. The van der Waals surface area contributed by atoms with Crippen molar-refractivity contribution in [3.63, 3.8) is 0 Å². The lowest BCUT2D eigenvalue weighted by Gasteiger charge is -2.41. The Balaban J connectivity index is 1.95. The van der Waals surface area contributed by atoms with Gasteiger partial charge >= 0.3 is 0 Å². The van der Waals surface area contributed by atoms with Gasteiger partial charge in [0.1, 0.15) is 6.07 Å². The molecule has 4 nitrogen and oxygen atoms in total. The maximum atomic E-state index is 9.19. The highest BCUT2D eigenvalue weighted by molar-refractivity contribution is 6.32. The SMILES string of the molecule is Cc1ccccc1CN(c1ccc(C#N)c(Cl)c1)[C@H]1CCON(C(C)C)C1. The Bertz CT molecular complexity index is 831. The summed E-state index contributed by atoms with van der Waals surface area (Å²) in [4.78, 5) is 8.22. The first kappa shape index (κ1) is 19.7. The van der Waals surface area contributed by atoms with Gasteiger partial charge in [-0.05, 0) is 56.5 Å². The van der Waals surface area contributed by atoms with Gasteiger partial charge < -0.3 is 4.90 Å². The second-order valence-electron chi connectivity index (χ2n) is 7.30. The average Bonchev–Trinajstić information content (AvgIpc) is 2.67. The summed E-state index contributed by atoms with van der Waals surface area (Å²) >= 11 is 6.34. The molecule has 0 spiro atoms. The third-order valence-corrected chi connectivity index (χ3v) is 5.44. The van der Waals surface area contributed by atoms with Crippen LogP contribution >= 0.6 is 11.6 Å². The zero-order valence-corrected chi connectivity index (χ0v) is 16.9. The van der Waals surface area contributed by atoms with Crippen LogP contribution in [0.4, 0.5) is 5.69 Å². The van der Waals surface area contributed by atoms with Gasteiger partial charge in [-0.25, -0.2) is 0 Å². The van der Waals surface area contributed by atoms with Crippen molar-refractivity contribution in [3.05, 3.63) is 64.2 Å². The second kappa shape index (κ2) is 8.75. The van der Waals surface area contributed by atoms with Gasteiger partial charge in [-0.3, -0.25) is 4.84 Å². The van der Waals surface area contributed by atoms with Gasteiger partial charge in [0.2, 0.25) is 0 Å². The molecule has 0 amide bonds. The Morgan fingerprint density at radius 2 is 2.07 bits per heavy atom. The summed E-state index contributed by atoms with van der Waals surface area (Å²) in [7, 11) is 0. The lowest BCUT2D eigenvalue weighted by atomic mass is 10.0. The normalized spacial score (nSPS) is 17.7. The van der Waals surface area contributed by atoms with E-state index in [0.29, 0.717) is 29.3 Å². The van der Waals surface area contributed by atoms with Crippen molar-refractivity contribution in [1.29, 1.82) is 5.26 Å². The minimum atomic E-state index is 0.310. The van der Waals surface area contributed by atoms with Crippen molar-refractivity contribution < 1.29 is 4.84 Å². The zero-order valence-electron chi connectivity index (χ0n) is 16.2. The van der Waals surface area contributed by atoms with Gasteiger partial charge in [-0.1, -0.05) is 35.9 Å². The Morgan fingerprint density at radius 3 is 2.74 bits per heavy atom. The van der Waals surface area contributed by atoms with Gasteiger partial charge in [0.25, 0.3) is 0 Å². The molecule has 1 aliphatic heterocycles. The number of aryl methyl sites for hydroxylation is 1. The predicted octanol–water partition coefficient (Wildman–Crippen LogP) is 4.94. The highest BCUT2D eigenvalue weighted by Gasteiger charge is 2.28. The lowest BCUT2D eigenvalue weighted by Crippen LogP contribution is -2.50. The van der Waals surface area contributed by atoms with Crippen LogP contribution in [-0.4, -0.2) is 30.3 Å². The first-order chi connectivity index (χ1) is 13.0. The van der Waals surface area contributed by atoms with Crippen molar-refractivity contribution in [1.82, 2.24) is 5.06 Å². The molecule has 0 aliphatic carbocycles. The van der Waals surface area contributed by atoms with Crippen molar-refractivity contribution in [2.75, 3.05) is 18.1 Å². The molecule has 5 heteroatoms. The van der Waals surface area contributed by atoms with E-state index in [9.17, 15) is 5.26 Å². The standard InChI is InChI=1S/C22H26ClN3O/c1-16(2)26-15-21(10-11-27-26)25(14-19-7-5-4-6-17(19)3)20-9-8-18(13-24)22(23)12-20/h4-9,12,16,21H,10-11,14-15H2,1-3H3/t21-/m0/s1. The van der Waals surface area contributed by atoms with Crippen LogP contribution in [0.5, 0.6) is 0 Å². The summed E-state index contributed by atoms with van der Waals surface area (Å²) in [6.07, 6.45) is 0.951. The van der Waals surface area contributed by atoms with Gasteiger partial charge in [0.15, 0.2) is 0 Å². The fourth-order valence-corrected chi connectivity index (χ4v) is 3.66. The second-order valence-corrected chi connectivity index (χ2v) is 7.71. The Hall–Kier alpha value is -2.06. The van der Waals surface area contributed by atoms with Gasteiger partial charge in [0, 0.05) is 30.9 Å². The fraction of sp³-hybridized carbons (Fsp3) is 0.409. The molecule has 1 atom stereocenters. The van der Waals surface area contributed by atoms with Crippen LogP contribution in [0.15, 0.2) is 42.5 Å². The van der Waals surface area contributed by atoms with Crippen LogP contribution in [0.2, 0.25) is 5.02 Å². The van der Waals surface area contributed by atoms with Crippen LogP contribution in [0.3, 0.4) is 0 Å². The monoisotopic (exact) mass is 383 g/mol. The number of anilines is 1.